The highest BCUT2D eigenvalue weighted by Gasteiger charge is 2.23. The van der Waals surface area contributed by atoms with E-state index in [9.17, 15) is 10.1 Å². The minimum Gasteiger partial charge on any atom is -0.305 e. The lowest BCUT2D eigenvalue weighted by Gasteiger charge is -2.14. The topological polar surface area (TPSA) is 50.7 Å². The van der Waals surface area contributed by atoms with Crippen LogP contribution in [-0.4, -0.2) is 23.9 Å². The molecule has 0 aliphatic rings. The van der Waals surface area contributed by atoms with Crippen LogP contribution < -0.4 is 0 Å². The van der Waals surface area contributed by atoms with Crippen LogP contribution in [0.1, 0.15) is 5.56 Å². The Morgan fingerprint density at radius 2 is 1.96 bits per heavy atom. The monoisotopic (exact) mass is 347 g/mol. The van der Waals surface area contributed by atoms with Crippen molar-refractivity contribution in [1.82, 2.24) is 4.90 Å². The zero-order valence-corrected chi connectivity index (χ0v) is 14.2. The zero-order chi connectivity index (χ0) is 17.0. The van der Waals surface area contributed by atoms with E-state index in [0.29, 0.717) is 4.90 Å². The Balaban J connectivity index is 2.48. The molecule has 118 valence electrons. The van der Waals surface area contributed by atoms with Gasteiger partial charge >= 0.3 is 0 Å². The van der Waals surface area contributed by atoms with Crippen molar-refractivity contribution in [1.29, 1.82) is 0 Å². The highest BCUT2D eigenvalue weighted by atomic mass is 35.5. The van der Waals surface area contributed by atoms with Gasteiger partial charge in [0.05, 0.1) is 16.4 Å². The van der Waals surface area contributed by atoms with Gasteiger partial charge in [-0.15, -0.1) is 0 Å². The van der Waals surface area contributed by atoms with Crippen LogP contribution in [0.25, 0.3) is 4.85 Å². The molecule has 0 aliphatic heterocycles. The molecular formula is C16H14ClN3O2S. The van der Waals surface area contributed by atoms with Gasteiger partial charge in [0.15, 0.2) is 0 Å². The smallest absolute Gasteiger partial charge is 0.291 e. The van der Waals surface area contributed by atoms with E-state index in [1.807, 2.05) is 43.3 Å². The lowest BCUT2D eigenvalue weighted by Crippen LogP contribution is -2.11. The summed E-state index contributed by atoms with van der Waals surface area (Å²) >= 11 is 7.31. The Hall–Kier alpha value is -2.07. The molecule has 0 heterocycles. The Labute approximate surface area is 143 Å². The second-order valence-electron chi connectivity index (χ2n) is 5.06. The largest absolute Gasteiger partial charge is 0.305 e. The molecule has 7 heteroatoms. The predicted octanol–water partition coefficient (Wildman–Crippen LogP) is 5.01. The Bertz CT molecular complexity index is 787. The lowest BCUT2D eigenvalue weighted by atomic mass is 10.2. The first-order valence-corrected chi connectivity index (χ1v) is 7.88. The maximum absolute atomic E-state index is 11.4. The fourth-order valence-corrected chi connectivity index (χ4v) is 3.46. The van der Waals surface area contributed by atoms with E-state index in [-0.39, 0.29) is 16.4 Å². The Kier molecular flexibility index (Phi) is 5.61. The van der Waals surface area contributed by atoms with Gasteiger partial charge in [-0.3, -0.25) is 10.1 Å². The van der Waals surface area contributed by atoms with Crippen LogP contribution in [0.15, 0.2) is 46.2 Å². The maximum Gasteiger partial charge on any atom is 0.291 e. The quantitative estimate of drug-likeness (QED) is 0.433. The molecule has 0 saturated heterocycles. The van der Waals surface area contributed by atoms with Crippen molar-refractivity contribution < 1.29 is 4.92 Å². The number of nitro benzene ring substituents is 1. The molecule has 23 heavy (non-hydrogen) atoms. The van der Waals surface area contributed by atoms with Crippen molar-refractivity contribution in [2.75, 3.05) is 14.1 Å². The fraction of sp³-hybridized carbons (Fsp3) is 0.188. The predicted molar refractivity (Wildman–Crippen MR) is 92.3 cm³/mol. The standard InChI is InChI=1S/C16H14ClN3O2S/c1-18-12-8-9-14(16(15(12)17)20(21)22)23-13-7-5-4-6-11(13)10-19(2)3/h4-9H,10H2,2-3H3. The average Bonchev–Trinajstić information content (AvgIpc) is 2.48. The number of nitrogens with zero attached hydrogens (tertiary/aromatic N) is 3. The van der Waals surface area contributed by atoms with E-state index in [1.54, 1.807) is 6.07 Å². The van der Waals surface area contributed by atoms with Gasteiger partial charge in [-0.25, -0.2) is 4.85 Å². The van der Waals surface area contributed by atoms with E-state index in [2.05, 4.69) is 4.85 Å². The summed E-state index contributed by atoms with van der Waals surface area (Å²) in [6, 6.07) is 10.8. The van der Waals surface area contributed by atoms with Gasteiger partial charge in [-0.2, -0.15) is 0 Å². The third-order valence-corrected chi connectivity index (χ3v) is 4.58. The minimum absolute atomic E-state index is 0.0873. The van der Waals surface area contributed by atoms with Crippen molar-refractivity contribution in [3.8, 4) is 0 Å². The molecule has 0 N–H and O–H groups in total. The summed E-state index contributed by atoms with van der Waals surface area (Å²) in [5.41, 5.74) is 0.941. The SMILES string of the molecule is [C-]#[N+]c1ccc(Sc2ccccc2CN(C)C)c([N+](=O)[O-])c1Cl. The minimum atomic E-state index is -0.534. The molecular weight excluding hydrogens is 334 g/mol. The molecule has 2 aromatic carbocycles. The third kappa shape index (κ3) is 4.02. The molecule has 2 rings (SSSR count). The van der Waals surface area contributed by atoms with Gasteiger partial charge in [0.1, 0.15) is 5.02 Å². The summed E-state index contributed by atoms with van der Waals surface area (Å²) in [7, 11) is 3.93. The molecule has 0 amide bonds. The number of halogens is 1. The van der Waals surface area contributed by atoms with Crippen LogP contribution in [0.3, 0.4) is 0 Å². The molecule has 0 unspecified atom stereocenters. The van der Waals surface area contributed by atoms with Gasteiger partial charge in [-0.1, -0.05) is 53.7 Å². The molecule has 5 nitrogen and oxygen atoms in total. The first-order valence-electron chi connectivity index (χ1n) is 6.69. The summed E-state index contributed by atoms with van der Waals surface area (Å²) in [5.74, 6) is 0. The van der Waals surface area contributed by atoms with Gasteiger partial charge in [0.2, 0.25) is 5.69 Å². The maximum atomic E-state index is 11.4. The molecule has 0 spiro atoms. The van der Waals surface area contributed by atoms with Gasteiger partial charge in [0.25, 0.3) is 5.69 Å². The second-order valence-corrected chi connectivity index (χ2v) is 6.52. The number of rotatable bonds is 5. The molecule has 0 saturated carbocycles. The van der Waals surface area contributed by atoms with Crippen molar-refractivity contribution >= 4 is 34.7 Å². The third-order valence-electron chi connectivity index (χ3n) is 3.04. The summed E-state index contributed by atoms with van der Waals surface area (Å²) in [6.07, 6.45) is 0. The first kappa shape index (κ1) is 17.3. The second kappa shape index (κ2) is 7.47. The van der Waals surface area contributed by atoms with Gasteiger partial charge < -0.3 is 4.90 Å². The van der Waals surface area contributed by atoms with Crippen LogP contribution in [0.2, 0.25) is 5.02 Å². The van der Waals surface area contributed by atoms with E-state index < -0.39 is 4.92 Å². The Morgan fingerprint density at radius 3 is 2.57 bits per heavy atom. The van der Waals surface area contributed by atoms with Crippen molar-refractivity contribution in [3.63, 3.8) is 0 Å². The molecule has 2 aromatic rings. The fourth-order valence-electron chi connectivity index (χ4n) is 2.07. The molecule has 0 aromatic heterocycles. The summed E-state index contributed by atoms with van der Waals surface area (Å²) in [6.45, 7) is 7.76. The van der Waals surface area contributed by atoms with Crippen LogP contribution >= 0.6 is 23.4 Å². The number of benzene rings is 2. The van der Waals surface area contributed by atoms with Gasteiger partial charge in [-0.05, 0) is 25.7 Å². The normalized spacial score (nSPS) is 10.6. The van der Waals surface area contributed by atoms with Crippen molar-refractivity contribution in [3.05, 3.63) is 68.5 Å². The summed E-state index contributed by atoms with van der Waals surface area (Å²) in [5, 5.41) is 11.2. The van der Waals surface area contributed by atoms with Crippen molar-refractivity contribution in [2.24, 2.45) is 0 Å². The van der Waals surface area contributed by atoms with Crippen LogP contribution in [0, 0.1) is 16.7 Å². The highest BCUT2D eigenvalue weighted by molar-refractivity contribution is 7.99. The number of hydrogen-bond donors (Lipinski definition) is 0. The van der Waals surface area contributed by atoms with E-state index in [0.717, 1.165) is 17.0 Å². The first-order chi connectivity index (χ1) is 10.9. The van der Waals surface area contributed by atoms with Crippen LogP contribution in [0.5, 0.6) is 0 Å². The van der Waals surface area contributed by atoms with E-state index in [4.69, 9.17) is 18.2 Å². The molecule has 0 radical (unpaired) electrons. The van der Waals surface area contributed by atoms with Gasteiger partial charge in [0, 0.05) is 11.4 Å². The van der Waals surface area contributed by atoms with E-state index >= 15 is 0 Å². The average molecular weight is 348 g/mol. The lowest BCUT2D eigenvalue weighted by molar-refractivity contribution is -0.387. The van der Waals surface area contributed by atoms with Crippen molar-refractivity contribution in [2.45, 2.75) is 16.3 Å². The summed E-state index contributed by atoms with van der Waals surface area (Å²) < 4.78 is 0. The summed E-state index contributed by atoms with van der Waals surface area (Å²) in [4.78, 5) is 17.4. The molecule has 0 aliphatic carbocycles. The van der Waals surface area contributed by atoms with E-state index in [1.165, 1.54) is 17.8 Å². The molecule has 0 bridgehead atoms. The molecule has 0 atom stereocenters. The zero-order valence-electron chi connectivity index (χ0n) is 12.6. The number of nitro groups is 1. The van der Waals surface area contributed by atoms with Crippen LogP contribution in [-0.2, 0) is 6.54 Å². The Morgan fingerprint density at radius 1 is 1.26 bits per heavy atom. The highest BCUT2D eigenvalue weighted by Crippen LogP contribution is 2.44. The molecule has 0 fully saturated rings. The number of hydrogen-bond acceptors (Lipinski definition) is 4. The van der Waals surface area contributed by atoms with Crippen LogP contribution in [0.4, 0.5) is 11.4 Å².